The van der Waals surface area contributed by atoms with Crippen molar-refractivity contribution in [3.8, 4) is 0 Å². The number of likely N-dealkylation sites (N-methyl/N-ethyl adjacent to an activating group) is 1. The Balaban J connectivity index is 2.32. The molecule has 0 saturated heterocycles. The lowest BCUT2D eigenvalue weighted by Gasteiger charge is -2.29. The van der Waals surface area contributed by atoms with Crippen molar-refractivity contribution in [3.63, 3.8) is 0 Å². The summed E-state index contributed by atoms with van der Waals surface area (Å²) in [6.45, 7) is 1.39. The van der Waals surface area contributed by atoms with Crippen LogP contribution in [0.15, 0.2) is 0 Å². The first kappa shape index (κ1) is 12.9. The first-order valence-corrected chi connectivity index (χ1v) is 7.52. The number of hydrogen-bond donors (Lipinski definition) is 1. The van der Waals surface area contributed by atoms with Crippen LogP contribution in [0, 0.1) is 0 Å². The van der Waals surface area contributed by atoms with Gasteiger partial charge in [-0.05, 0) is 19.9 Å². The molecule has 0 amide bonds. The predicted molar refractivity (Wildman–Crippen MR) is 62.6 cm³/mol. The highest BCUT2D eigenvalue weighted by Gasteiger charge is 2.30. The molecule has 2 N–H and O–H groups in total. The van der Waals surface area contributed by atoms with E-state index in [1.165, 1.54) is 19.1 Å². The van der Waals surface area contributed by atoms with E-state index in [2.05, 4.69) is 0 Å². The third kappa shape index (κ3) is 4.95. The molecule has 0 aromatic carbocycles. The van der Waals surface area contributed by atoms with Crippen molar-refractivity contribution >= 4 is 9.84 Å². The molecule has 0 heterocycles. The quantitative estimate of drug-likeness (QED) is 0.740. The van der Waals surface area contributed by atoms with Crippen molar-refractivity contribution in [3.05, 3.63) is 0 Å². The van der Waals surface area contributed by atoms with Crippen LogP contribution in [0.25, 0.3) is 0 Å². The van der Waals surface area contributed by atoms with Crippen LogP contribution in [0.4, 0.5) is 0 Å². The maximum absolute atomic E-state index is 11.0. The molecule has 1 fully saturated rings. The van der Waals surface area contributed by atoms with Gasteiger partial charge in [-0.3, -0.25) is 0 Å². The fraction of sp³-hybridized carbons (Fsp3) is 1.00. The van der Waals surface area contributed by atoms with E-state index in [-0.39, 0.29) is 11.3 Å². The highest BCUT2D eigenvalue weighted by atomic mass is 32.2. The van der Waals surface area contributed by atoms with E-state index in [4.69, 9.17) is 5.73 Å². The lowest BCUT2D eigenvalue weighted by atomic mass is 9.99. The molecule has 1 saturated carbocycles. The van der Waals surface area contributed by atoms with Crippen LogP contribution in [0.3, 0.4) is 0 Å². The van der Waals surface area contributed by atoms with Crippen LogP contribution >= 0.6 is 0 Å². The summed E-state index contributed by atoms with van der Waals surface area (Å²) in [5.74, 6) is 0.222. The molecule has 0 unspecified atom stereocenters. The van der Waals surface area contributed by atoms with Crippen LogP contribution < -0.4 is 5.73 Å². The number of nitrogens with two attached hydrogens (primary N) is 1. The molecular weight excluding hydrogens is 212 g/mol. The molecule has 1 rings (SSSR count). The van der Waals surface area contributed by atoms with Gasteiger partial charge in [0.05, 0.1) is 5.75 Å². The second kappa shape index (κ2) is 4.80. The highest BCUT2D eigenvalue weighted by molar-refractivity contribution is 7.90. The van der Waals surface area contributed by atoms with E-state index >= 15 is 0 Å². The third-order valence-corrected chi connectivity index (χ3v) is 3.95. The summed E-state index contributed by atoms with van der Waals surface area (Å²) in [6, 6.07) is 0. The maximum Gasteiger partial charge on any atom is 0.148 e. The maximum atomic E-state index is 11.0. The summed E-state index contributed by atoms with van der Waals surface area (Å²) >= 11 is 0. The fourth-order valence-electron chi connectivity index (χ4n) is 2.18. The van der Waals surface area contributed by atoms with Gasteiger partial charge in [0.15, 0.2) is 0 Å². The van der Waals surface area contributed by atoms with Crippen molar-refractivity contribution in [2.24, 2.45) is 5.73 Å². The Morgan fingerprint density at radius 2 is 1.87 bits per heavy atom. The van der Waals surface area contributed by atoms with Crippen LogP contribution in [-0.2, 0) is 9.84 Å². The SMILES string of the molecule is CN(CCS(C)(=O)=O)CC1(N)CCCC1. The molecule has 0 bridgehead atoms. The summed E-state index contributed by atoms with van der Waals surface area (Å²) in [6.07, 6.45) is 5.81. The van der Waals surface area contributed by atoms with Crippen molar-refractivity contribution < 1.29 is 8.42 Å². The Labute approximate surface area is 92.7 Å². The molecule has 90 valence electrons. The molecule has 1 aliphatic rings. The molecule has 5 heteroatoms. The first-order chi connectivity index (χ1) is 6.81. The monoisotopic (exact) mass is 234 g/mol. The molecule has 0 radical (unpaired) electrons. The van der Waals surface area contributed by atoms with E-state index in [0.29, 0.717) is 6.54 Å². The van der Waals surface area contributed by atoms with E-state index < -0.39 is 9.84 Å². The van der Waals surface area contributed by atoms with Gasteiger partial charge in [-0.25, -0.2) is 8.42 Å². The average molecular weight is 234 g/mol. The fourth-order valence-corrected chi connectivity index (χ4v) is 2.82. The van der Waals surface area contributed by atoms with Crippen LogP contribution in [0.1, 0.15) is 25.7 Å². The third-order valence-electron chi connectivity index (χ3n) is 3.03. The molecule has 0 spiro atoms. The Morgan fingerprint density at radius 1 is 1.33 bits per heavy atom. The zero-order valence-electron chi connectivity index (χ0n) is 9.70. The molecule has 1 aliphatic carbocycles. The van der Waals surface area contributed by atoms with Gasteiger partial charge in [-0.15, -0.1) is 0 Å². The van der Waals surface area contributed by atoms with E-state index in [0.717, 1.165) is 19.4 Å². The second-order valence-corrected chi connectivity index (χ2v) is 7.20. The van der Waals surface area contributed by atoms with Gasteiger partial charge in [0.1, 0.15) is 9.84 Å². The van der Waals surface area contributed by atoms with Crippen molar-refractivity contribution in [1.82, 2.24) is 4.90 Å². The van der Waals surface area contributed by atoms with Crippen molar-refractivity contribution in [2.45, 2.75) is 31.2 Å². The topological polar surface area (TPSA) is 63.4 Å². The Bertz CT molecular complexity index is 295. The lowest BCUT2D eigenvalue weighted by molar-refractivity contribution is 0.258. The summed E-state index contributed by atoms with van der Waals surface area (Å²) in [5, 5.41) is 0. The molecular formula is C10H22N2O2S. The van der Waals surface area contributed by atoms with E-state index in [1.807, 2.05) is 11.9 Å². The summed E-state index contributed by atoms with van der Waals surface area (Å²) in [4.78, 5) is 2.03. The number of hydrogen-bond acceptors (Lipinski definition) is 4. The zero-order chi connectivity index (χ0) is 11.5. The van der Waals surface area contributed by atoms with Gasteiger partial charge >= 0.3 is 0 Å². The molecule has 0 aliphatic heterocycles. The average Bonchev–Trinajstić information content (AvgIpc) is 2.47. The molecule has 0 aromatic heterocycles. The van der Waals surface area contributed by atoms with Gasteiger partial charge < -0.3 is 10.6 Å². The minimum Gasteiger partial charge on any atom is -0.324 e. The standard InChI is InChI=1S/C10H22N2O2S/c1-12(7-8-15(2,13)14)9-10(11)5-3-4-6-10/h3-9,11H2,1-2H3. The van der Waals surface area contributed by atoms with Gasteiger partial charge in [0.25, 0.3) is 0 Å². The highest BCUT2D eigenvalue weighted by Crippen LogP contribution is 2.27. The Hall–Kier alpha value is -0.130. The van der Waals surface area contributed by atoms with Crippen molar-refractivity contribution in [1.29, 1.82) is 0 Å². The molecule has 15 heavy (non-hydrogen) atoms. The van der Waals surface area contributed by atoms with Crippen molar-refractivity contribution in [2.75, 3.05) is 32.1 Å². The van der Waals surface area contributed by atoms with Gasteiger partial charge in [0, 0.05) is 24.9 Å². The van der Waals surface area contributed by atoms with E-state index in [1.54, 1.807) is 0 Å². The zero-order valence-corrected chi connectivity index (χ0v) is 10.5. The minimum atomic E-state index is -2.86. The molecule has 0 aromatic rings. The summed E-state index contributed by atoms with van der Waals surface area (Å²) in [5.41, 5.74) is 6.13. The smallest absolute Gasteiger partial charge is 0.148 e. The number of nitrogens with zero attached hydrogens (tertiary/aromatic N) is 1. The predicted octanol–water partition coefficient (Wildman–Crippen LogP) is 0.234. The molecule has 4 nitrogen and oxygen atoms in total. The first-order valence-electron chi connectivity index (χ1n) is 5.46. The van der Waals surface area contributed by atoms with Gasteiger partial charge in [-0.1, -0.05) is 12.8 Å². The number of sulfone groups is 1. The Morgan fingerprint density at radius 3 is 2.33 bits per heavy atom. The second-order valence-electron chi connectivity index (χ2n) is 4.94. The minimum absolute atomic E-state index is 0.0771. The summed E-state index contributed by atoms with van der Waals surface area (Å²) in [7, 11) is -0.913. The van der Waals surface area contributed by atoms with Crippen LogP contribution in [0.2, 0.25) is 0 Å². The normalized spacial score (nSPS) is 21.1. The van der Waals surface area contributed by atoms with Crippen LogP contribution in [0.5, 0.6) is 0 Å². The van der Waals surface area contributed by atoms with Gasteiger partial charge in [0.2, 0.25) is 0 Å². The van der Waals surface area contributed by atoms with E-state index in [9.17, 15) is 8.42 Å². The summed E-state index contributed by atoms with van der Waals surface area (Å²) < 4.78 is 22.0. The van der Waals surface area contributed by atoms with Gasteiger partial charge in [-0.2, -0.15) is 0 Å². The number of rotatable bonds is 5. The molecule has 0 atom stereocenters. The van der Waals surface area contributed by atoms with Crippen LogP contribution in [-0.4, -0.2) is 51.0 Å². The lowest BCUT2D eigenvalue weighted by Crippen LogP contribution is -2.47. The Kier molecular flexibility index (Phi) is 4.14. The largest absolute Gasteiger partial charge is 0.324 e.